The molecule has 0 aromatic carbocycles. The molecule has 3 nitrogen and oxygen atoms in total. The third kappa shape index (κ3) is 3.32. The van der Waals surface area contributed by atoms with Gasteiger partial charge in [-0.15, -0.1) is 24.8 Å². The van der Waals surface area contributed by atoms with Gasteiger partial charge >= 0.3 is 0 Å². The van der Waals surface area contributed by atoms with Crippen LogP contribution in [0, 0.1) is 0 Å². The molecule has 5 heteroatoms. The van der Waals surface area contributed by atoms with E-state index >= 15 is 0 Å². The van der Waals surface area contributed by atoms with Crippen molar-refractivity contribution in [3.05, 3.63) is 67.1 Å². The summed E-state index contributed by atoms with van der Waals surface area (Å²) in [6.07, 6.45) is 5.33. The van der Waals surface area contributed by atoms with Gasteiger partial charge in [0.05, 0.1) is 17.1 Å². The summed E-state index contributed by atoms with van der Waals surface area (Å²) in [7, 11) is 0. The van der Waals surface area contributed by atoms with Gasteiger partial charge in [-0.05, 0) is 36.4 Å². The molecular formula is C15H13Cl2N3. The molecule has 0 saturated carbocycles. The zero-order chi connectivity index (χ0) is 12.2. The predicted molar refractivity (Wildman–Crippen MR) is 85.2 cm³/mol. The number of rotatable bonds is 2. The predicted octanol–water partition coefficient (Wildman–Crippen LogP) is 4.05. The van der Waals surface area contributed by atoms with Crippen LogP contribution in [0.3, 0.4) is 0 Å². The van der Waals surface area contributed by atoms with Crippen molar-refractivity contribution in [2.45, 2.75) is 0 Å². The van der Waals surface area contributed by atoms with Crippen molar-refractivity contribution in [3.63, 3.8) is 0 Å². The van der Waals surface area contributed by atoms with E-state index in [1.807, 2.05) is 48.5 Å². The average molecular weight is 306 g/mol. The normalized spacial score (nSPS) is 9.20. The van der Waals surface area contributed by atoms with Crippen LogP contribution >= 0.6 is 24.8 Å². The molecule has 0 bridgehead atoms. The van der Waals surface area contributed by atoms with E-state index in [1.165, 1.54) is 0 Å². The Morgan fingerprint density at radius 1 is 0.550 bits per heavy atom. The number of pyridine rings is 3. The molecule has 0 fully saturated rings. The van der Waals surface area contributed by atoms with Gasteiger partial charge in [0.25, 0.3) is 0 Å². The maximum absolute atomic E-state index is 4.42. The summed E-state index contributed by atoms with van der Waals surface area (Å²) in [6, 6.07) is 15.6. The largest absolute Gasteiger partial charge is 0.256 e. The van der Waals surface area contributed by atoms with Gasteiger partial charge in [-0.2, -0.15) is 0 Å². The maximum Gasteiger partial charge on any atom is 0.0980 e. The first-order valence-corrected chi connectivity index (χ1v) is 5.73. The Hall–Kier alpha value is -1.97. The molecule has 20 heavy (non-hydrogen) atoms. The Kier molecular flexibility index (Phi) is 6.10. The van der Waals surface area contributed by atoms with E-state index in [0.717, 1.165) is 22.6 Å². The van der Waals surface area contributed by atoms with E-state index < -0.39 is 0 Å². The fourth-order valence-electron chi connectivity index (χ4n) is 1.84. The first kappa shape index (κ1) is 16.1. The van der Waals surface area contributed by atoms with Crippen molar-refractivity contribution >= 4 is 24.8 Å². The standard InChI is InChI=1S/C15H11N3.2ClH/c1-3-9-16-13(7-1)12-6-5-11-18-15(12)14-8-2-4-10-17-14;;/h1-11H;2*1H. The van der Waals surface area contributed by atoms with Gasteiger partial charge in [0.2, 0.25) is 0 Å². The lowest BCUT2D eigenvalue weighted by Crippen LogP contribution is -1.92. The van der Waals surface area contributed by atoms with Crippen LogP contribution in [0.4, 0.5) is 0 Å². The number of halogens is 2. The van der Waals surface area contributed by atoms with E-state index in [4.69, 9.17) is 0 Å². The molecule has 0 aliphatic rings. The molecule has 3 rings (SSSR count). The molecule has 0 atom stereocenters. The number of nitrogens with zero attached hydrogens (tertiary/aromatic N) is 3. The van der Waals surface area contributed by atoms with E-state index in [-0.39, 0.29) is 24.8 Å². The maximum atomic E-state index is 4.42. The molecule has 0 unspecified atom stereocenters. The SMILES string of the molecule is Cl.Cl.c1ccc(-c2cccnc2-c2ccccn2)nc1. The van der Waals surface area contributed by atoms with Gasteiger partial charge < -0.3 is 0 Å². The molecule has 0 saturated heterocycles. The van der Waals surface area contributed by atoms with Crippen LogP contribution in [0.1, 0.15) is 0 Å². The Balaban J connectivity index is 0.000001000. The minimum absolute atomic E-state index is 0. The van der Waals surface area contributed by atoms with Gasteiger partial charge in [-0.3, -0.25) is 15.0 Å². The molecule has 3 heterocycles. The molecule has 0 spiro atoms. The topological polar surface area (TPSA) is 38.7 Å². The zero-order valence-electron chi connectivity index (χ0n) is 10.5. The summed E-state index contributed by atoms with van der Waals surface area (Å²) in [4.78, 5) is 13.1. The van der Waals surface area contributed by atoms with E-state index in [1.54, 1.807) is 18.6 Å². The molecule has 0 N–H and O–H groups in total. The second kappa shape index (κ2) is 7.58. The molecule has 0 aliphatic heterocycles. The summed E-state index contributed by atoms with van der Waals surface area (Å²) in [5.74, 6) is 0. The Morgan fingerprint density at radius 2 is 1.15 bits per heavy atom. The van der Waals surface area contributed by atoms with Crippen LogP contribution in [-0.4, -0.2) is 15.0 Å². The van der Waals surface area contributed by atoms with Crippen LogP contribution in [0.15, 0.2) is 67.1 Å². The summed E-state index contributed by atoms with van der Waals surface area (Å²) >= 11 is 0. The summed E-state index contributed by atoms with van der Waals surface area (Å²) in [6.45, 7) is 0. The summed E-state index contributed by atoms with van der Waals surface area (Å²) in [5, 5.41) is 0. The van der Waals surface area contributed by atoms with Crippen molar-refractivity contribution < 1.29 is 0 Å². The number of hydrogen-bond donors (Lipinski definition) is 0. The highest BCUT2D eigenvalue weighted by atomic mass is 35.5. The fraction of sp³-hybridized carbons (Fsp3) is 0. The van der Waals surface area contributed by atoms with Crippen molar-refractivity contribution in [2.24, 2.45) is 0 Å². The first-order valence-electron chi connectivity index (χ1n) is 5.73. The van der Waals surface area contributed by atoms with Gasteiger partial charge in [-0.1, -0.05) is 12.1 Å². The second-order valence-electron chi connectivity index (χ2n) is 3.83. The average Bonchev–Trinajstić information content (AvgIpc) is 2.49. The number of hydrogen-bond acceptors (Lipinski definition) is 3. The van der Waals surface area contributed by atoms with Crippen LogP contribution < -0.4 is 0 Å². The highest BCUT2D eigenvalue weighted by Crippen LogP contribution is 2.26. The fourth-order valence-corrected chi connectivity index (χ4v) is 1.84. The van der Waals surface area contributed by atoms with Crippen LogP contribution in [0.2, 0.25) is 0 Å². The summed E-state index contributed by atoms with van der Waals surface area (Å²) < 4.78 is 0. The lowest BCUT2D eigenvalue weighted by atomic mass is 10.1. The molecule has 3 aromatic heterocycles. The highest BCUT2D eigenvalue weighted by molar-refractivity contribution is 5.85. The van der Waals surface area contributed by atoms with E-state index in [9.17, 15) is 0 Å². The summed E-state index contributed by atoms with van der Waals surface area (Å²) in [5.41, 5.74) is 3.62. The Bertz CT molecular complexity index is 587. The van der Waals surface area contributed by atoms with Crippen molar-refractivity contribution in [1.82, 2.24) is 15.0 Å². The third-order valence-electron chi connectivity index (χ3n) is 2.66. The second-order valence-corrected chi connectivity index (χ2v) is 3.83. The van der Waals surface area contributed by atoms with Crippen LogP contribution in [-0.2, 0) is 0 Å². The van der Waals surface area contributed by atoms with Crippen molar-refractivity contribution in [2.75, 3.05) is 0 Å². The molecular weight excluding hydrogens is 293 g/mol. The Morgan fingerprint density at radius 3 is 1.75 bits per heavy atom. The monoisotopic (exact) mass is 305 g/mol. The van der Waals surface area contributed by atoms with Gasteiger partial charge in [-0.25, -0.2) is 0 Å². The van der Waals surface area contributed by atoms with E-state index in [0.29, 0.717) is 0 Å². The Labute approximate surface area is 130 Å². The van der Waals surface area contributed by atoms with Gasteiger partial charge in [0.15, 0.2) is 0 Å². The van der Waals surface area contributed by atoms with Gasteiger partial charge in [0.1, 0.15) is 0 Å². The van der Waals surface area contributed by atoms with Gasteiger partial charge in [0, 0.05) is 24.2 Å². The lowest BCUT2D eigenvalue weighted by molar-refractivity contribution is 1.23. The smallest absolute Gasteiger partial charge is 0.0980 e. The van der Waals surface area contributed by atoms with Crippen LogP contribution in [0.25, 0.3) is 22.6 Å². The quantitative estimate of drug-likeness (QED) is 0.717. The zero-order valence-corrected chi connectivity index (χ0v) is 12.1. The molecule has 102 valence electrons. The minimum atomic E-state index is 0. The first-order chi connectivity index (χ1) is 8.95. The highest BCUT2D eigenvalue weighted by Gasteiger charge is 2.09. The van der Waals surface area contributed by atoms with E-state index in [2.05, 4.69) is 15.0 Å². The van der Waals surface area contributed by atoms with Crippen LogP contribution in [0.5, 0.6) is 0 Å². The van der Waals surface area contributed by atoms with Crippen molar-refractivity contribution in [3.8, 4) is 22.6 Å². The third-order valence-corrected chi connectivity index (χ3v) is 2.66. The minimum Gasteiger partial charge on any atom is -0.256 e. The molecule has 0 radical (unpaired) electrons. The molecule has 3 aromatic rings. The number of aromatic nitrogens is 3. The van der Waals surface area contributed by atoms with Crippen molar-refractivity contribution in [1.29, 1.82) is 0 Å². The lowest BCUT2D eigenvalue weighted by Gasteiger charge is -2.06. The molecule has 0 amide bonds. The molecule has 0 aliphatic carbocycles.